The monoisotopic (exact) mass is 338 g/mol. The number of hydrogen-bond acceptors (Lipinski definition) is 3. The molecular formula is C12H14BrF3N2O. The smallest absolute Gasteiger partial charge is 0.405 e. The molecule has 1 aliphatic heterocycles. The van der Waals surface area contributed by atoms with Crippen LogP contribution < -0.4 is 15.0 Å². The quantitative estimate of drug-likeness (QED) is 0.896. The van der Waals surface area contributed by atoms with Gasteiger partial charge in [0.05, 0.1) is 4.47 Å². The van der Waals surface area contributed by atoms with Crippen molar-refractivity contribution in [2.24, 2.45) is 0 Å². The summed E-state index contributed by atoms with van der Waals surface area (Å²) in [5.41, 5.74) is 0.885. The molecule has 0 bridgehead atoms. The molecule has 0 aromatic heterocycles. The first-order valence-electron chi connectivity index (χ1n) is 5.89. The third kappa shape index (κ3) is 3.76. The van der Waals surface area contributed by atoms with Gasteiger partial charge in [-0.05, 0) is 41.1 Å². The van der Waals surface area contributed by atoms with Crippen LogP contribution in [0.1, 0.15) is 6.92 Å². The molecule has 0 spiro atoms. The van der Waals surface area contributed by atoms with Gasteiger partial charge in [-0.3, -0.25) is 0 Å². The number of nitrogens with one attached hydrogen (secondary N) is 1. The number of rotatable bonds is 2. The zero-order valence-electron chi connectivity index (χ0n) is 10.3. The van der Waals surface area contributed by atoms with Gasteiger partial charge in [-0.25, -0.2) is 0 Å². The number of anilines is 1. The van der Waals surface area contributed by atoms with E-state index in [0.717, 1.165) is 25.3 Å². The van der Waals surface area contributed by atoms with Gasteiger partial charge in [-0.15, -0.1) is 13.2 Å². The molecule has 1 aromatic rings. The zero-order valence-corrected chi connectivity index (χ0v) is 11.9. The first kappa shape index (κ1) is 14.5. The van der Waals surface area contributed by atoms with Crippen LogP contribution in [0, 0.1) is 0 Å². The number of nitrogens with zero attached hydrogens (tertiary/aromatic N) is 1. The fourth-order valence-electron chi connectivity index (χ4n) is 2.10. The van der Waals surface area contributed by atoms with E-state index in [4.69, 9.17) is 0 Å². The molecule has 2 rings (SSSR count). The number of benzene rings is 1. The molecule has 0 amide bonds. The minimum Gasteiger partial charge on any atom is -0.405 e. The second-order valence-corrected chi connectivity index (χ2v) is 5.26. The Morgan fingerprint density at radius 3 is 2.74 bits per heavy atom. The summed E-state index contributed by atoms with van der Waals surface area (Å²) in [6.45, 7) is 4.62. The summed E-state index contributed by atoms with van der Waals surface area (Å²) in [5.74, 6) is -0.223. The normalized spacial score (nSPS) is 20.5. The van der Waals surface area contributed by atoms with Gasteiger partial charge >= 0.3 is 6.36 Å². The van der Waals surface area contributed by atoms with E-state index in [1.54, 1.807) is 12.1 Å². The molecule has 1 heterocycles. The Balaban J connectivity index is 2.18. The molecule has 19 heavy (non-hydrogen) atoms. The Bertz CT molecular complexity index is 453. The highest BCUT2D eigenvalue weighted by atomic mass is 79.9. The standard InChI is InChI=1S/C12H14BrF3N2O/c1-8-7-17-4-5-18(8)9-2-3-11(10(13)6-9)19-12(14,15)16/h2-3,6,8,17H,4-5,7H2,1H3. The van der Waals surface area contributed by atoms with Gasteiger partial charge in [0, 0.05) is 31.4 Å². The fourth-order valence-corrected chi connectivity index (χ4v) is 2.55. The van der Waals surface area contributed by atoms with Crippen molar-refractivity contribution in [2.75, 3.05) is 24.5 Å². The minimum atomic E-state index is -4.67. The second-order valence-electron chi connectivity index (χ2n) is 4.41. The molecule has 0 aliphatic carbocycles. The van der Waals surface area contributed by atoms with E-state index in [9.17, 15) is 13.2 Å². The Labute approximate surface area is 117 Å². The van der Waals surface area contributed by atoms with Crippen LogP contribution in [0.4, 0.5) is 18.9 Å². The Morgan fingerprint density at radius 2 is 2.16 bits per heavy atom. The van der Waals surface area contributed by atoms with Crippen LogP contribution in [0.2, 0.25) is 0 Å². The van der Waals surface area contributed by atoms with Gasteiger partial charge in [-0.2, -0.15) is 0 Å². The lowest BCUT2D eigenvalue weighted by molar-refractivity contribution is -0.274. The van der Waals surface area contributed by atoms with Crippen LogP contribution in [-0.2, 0) is 0 Å². The average Bonchev–Trinajstić information content (AvgIpc) is 2.31. The SMILES string of the molecule is CC1CNCCN1c1ccc(OC(F)(F)F)c(Br)c1. The molecule has 3 nitrogen and oxygen atoms in total. The van der Waals surface area contributed by atoms with E-state index >= 15 is 0 Å². The topological polar surface area (TPSA) is 24.5 Å². The van der Waals surface area contributed by atoms with Crippen molar-refractivity contribution in [3.63, 3.8) is 0 Å². The first-order chi connectivity index (χ1) is 8.87. The average molecular weight is 339 g/mol. The molecule has 1 saturated heterocycles. The molecule has 0 saturated carbocycles. The lowest BCUT2D eigenvalue weighted by Gasteiger charge is -2.36. The van der Waals surface area contributed by atoms with Crippen molar-refractivity contribution in [1.29, 1.82) is 0 Å². The minimum absolute atomic E-state index is 0.223. The molecular weight excluding hydrogens is 325 g/mol. The molecule has 1 N–H and O–H groups in total. The number of halogens is 4. The number of piperazine rings is 1. The maximum absolute atomic E-state index is 12.2. The predicted octanol–water partition coefficient (Wildman–Crippen LogP) is 3.15. The van der Waals surface area contributed by atoms with E-state index in [2.05, 4.69) is 37.8 Å². The first-order valence-corrected chi connectivity index (χ1v) is 6.69. The highest BCUT2D eigenvalue weighted by molar-refractivity contribution is 9.10. The molecule has 1 atom stereocenters. The highest BCUT2D eigenvalue weighted by Gasteiger charge is 2.32. The lowest BCUT2D eigenvalue weighted by Crippen LogP contribution is -2.49. The van der Waals surface area contributed by atoms with Gasteiger partial charge in [0.25, 0.3) is 0 Å². The largest absolute Gasteiger partial charge is 0.573 e. The Hall–Kier alpha value is -0.950. The van der Waals surface area contributed by atoms with Crippen molar-refractivity contribution in [2.45, 2.75) is 19.3 Å². The molecule has 7 heteroatoms. The summed E-state index contributed by atoms with van der Waals surface area (Å²) in [6, 6.07) is 4.94. The van der Waals surface area contributed by atoms with E-state index in [0.29, 0.717) is 10.5 Å². The summed E-state index contributed by atoms with van der Waals surface area (Å²) in [7, 11) is 0. The van der Waals surface area contributed by atoms with E-state index in [-0.39, 0.29) is 5.75 Å². The van der Waals surface area contributed by atoms with E-state index in [1.165, 1.54) is 6.07 Å². The number of ether oxygens (including phenoxy) is 1. The van der Waals surface area contributed by atoms with E-state index in [1.807, 2.05) is 0 Å². The van der Waals surface area contributed by atoms with Gasteiger partial charge in [0.2, 0.25) is 0 Å². The van der Waals surface area contributed by atoms with Crippen molar-refractivity contribution in [3.8, 4) is 5.75 Å². The molecule has 1 aromatic carbocycles. The summed E-state index contributed by atoms with van der Waals surface area (Å²) < 4.78 is 40.8. The van der Waals surface area contributed by atoms with Crippen LogP contribution in [-0.4, -0.2) is 32.0 Å². The van der Waals surface area contributed by atoms with Gasteiger partial charge < -0.3 is 15.0 Å². The summed E-state index contributed by atoms with van der Waals surface area (Å²) in [4.78, 5) is 2.15. The molecule has 1 fully saturated rings. The Morgan fingerprint density at radius 1 is 1.42 bits per heavy atom. The van der Waals surface area contributed by atoms with Crippen molar-refractivity contribution < 1.29 is 17.9 Å². The van der Waals surface area contributed by atoms with Crippen LogP contribution in [0.15, 0.2) is 22.7 Å². The third-order valence-corrected chi connectivity index (χ3v) is 3.59. The Kier molecular flexibility index (Phi) is 4.25. The molecule has 1 aliphatic rings. The number of alkyl halides is 3. The lowest BCUT2D eigenvalue weighted by atomic mass is 10.2. The van der Waals surface area contributed by atoms with Gasteiger partial charge in [-0.1, -0.05) is 0 Å². The molecule has 106 valence electrons. The second kappa shape index (κ2) is 5.58. The van der Waals surface area contributed by atoms with Crippen molar-refractivity contribution in [1.82, 2.24) is 5.32 Å². The highest BCUT2D eigenvalue weighted by Crippen LogP contribution is 2.34. The van der Waals surface area contributed by atoms with E-state index < -0.39 is 6.36 Å². The molecule has 0 radical (unpaired) electrons. The summed E-state index contributed by atoms with van der Waals surface area (Å²) in [5, 5.41) is 3.26. The van der Waals surface area contributed by atoms with Crippen LogP contribution >= 0.6 is 15.9 Å². The predicted molar refractivity (Wildman–Crippen MR) is 70.5 cm³/mol. The number of hydrogen-bond donors (Lipinski definition) is 1. The zero-order chi connectivity index (χ0) is 14.0. The van der Waals surface area contributed by atoms with Crippen molar-refractivity contribution in [3.05, 3.63) is 22.7 Å². The third-order valence-electron chi connectivity index (χ3n) is 2.97. The van der Waals surface area contributed by atoms with Crippen molar-refractivity contribution >= 4 is 21.6 Å². The maximum atomic E-state index is 12.2. The molecule has 1 unspecified atom stereocenters. The summed E-state index contributed by atoms with van der Waals surface area (Å²) >= 11 is 3.12. The summed E-state index contributed by atoms with van der Waals surface area (Å²) in [6.07, 6.45) is -4.67. The van der Waals surface area contributed by atoms with Gasteiger partial charge in [0.15, 0.2) is 0 Å². The van der Waals surface area contributed by atoms with Crippen LogP contribution in [0.3, 0.4) is 0 Å². The maximum Gasteiger partial charge on any atom is 0.573 e. The van der Waals surface area contributed by atoms with Crippen LogP contribution in [0.25, 0.3) is 0 Å². The van der Waals surface area contributed by atoms with Gasteiger partial charge in [0.1, 0.15) is 5.75 Å². The van der Waals surface area contributed by atoms with Crippen LogP contribution in [0.5, 0.6) is 5.75 Å². The fraction of sp³-hybridized carbons (Fsp3) is 0.500.